The van der Waals surface area contributed by atoms with E-state index >= 15 is 0 Å². The minimum atomic E-state index is 0.281. The van der Waals surface area contributed by atoms with E-state index in [9.17, 15) is 0 Å². The van der Waals surface area contributed by atoms with Crippen molar-refractivity contribution in [3.8, 4) is 0 Å². The van der Waals surface area contributed by atoms with Crippen LogP contribution in [0, 0.1) is 0 Å². The van der Waals surface area contributed by atoms with Gasteiger partial charge in [0.05, 0.1) is 12.4 Å². The van der Waals surface area contributed by atoms with Crippen LogP contribution in [-0.4, -0.2) is 28.0 Å². The van der Waals surface area contributed by atoms with E-state index in [1.54, 1.807) is 12.4 Å². The second-order valence-corrected chi connectivity index (χ2v) is 4.31. The fourth-order valence-corrected chi connectivity index (χ4v) is 1.57. The number of nitrogens with two attached hydrogens (primary N) is 1. The summed E-state index contributed by atoms with van der Waals surface area (Å²) in [4.78, 5) is 10.9. The molecule has 1 aromatic rings. The third-order valence-electron chi connectivity index (χ3n) is 2.62. The monoisotopic (exact) mass is 238 g/mol. The zero-order chi connectivity index (χ0) is 12.1. The van der Waals surface area contributed by atoms with Crippen LogP contribution in [0.2, 0.25) is 0 Å². The lowest BCUT2D eigenvalue weighted by atomic mass is 10.2. The Morgan fingerprint density at radius 1 is 1.50 bits per heavy atom. The number of hydrogen-bond donors (Lipinski definition) is 1. The molecule has 1 aromatic heterocycles. The lowest BCUT2D eigenvalue weighted by Crippen LogP contribution is -2.29. The van der Waals surface area contributed by atoms with E-state index in [4.69, 9.17) is 18.0 Å². The van der Waals surface area contributed by atoms with Gasteiger partial charge in [0.15, 0.2) is 0 Å². The van der Waals surface area contributed by atoms with Crippen LogP contribution in [0.3, 0.4) is 0 Å². The van der Waals surface area contributed by atoms with Crippen molar-refractivity contribution in [3.63, 3.8) is 0 Å². The average molecular weight is 238 g/mol. The third kappa shape index (κ3) is 3.13. The molecule has 0 saturated carbocycles. The highest BCUT2D eigenvalue weighted by molar-refractivity contribution is 7.80. The van der Waals surface area contributed by atoms with E-state index in [1.165, 1.54) is 0 Å². The molecule has 1 unspecified atom stereocenters. The molecule has 1 heterocycles. The van der Waals surface area contributed by atoms with Gasteiger partial charge in [-0.05, 0) is 13.3 Å². The molecule has 0 fully saturated rings. The maximum Gasteiger partial charge on any atom is 0.147 e. The van der Waals surface area contributed by atoms with Crippen LogP contribution in [0.15, 0.2) is 12.4 Å². The molecule has 0 aromatic carbocycles. The Balaban J connectivity index is 2.77. The van der Waals surface area contributed by atoms with Gasteiger partial charge in [0.2, 0.25) is 0 Å². The van der Waals surface area contributed by atoms with Crippen molar-refractivity contribution in [2.45, 2.75) is 32.7 Å². The standard InChI is InChI=1S/C11H18N4S/c1-4-5-8(2)15(3)10-7-13-9(6-14-10)11(12)16/h6-8H,4-5H2,1-3H3,(H2,12,16). The van der Waals surface area contributed by atoms with Crippen molar-refractivity contribution in [1.29, 1.82) is 0 Å². The van der Waals surface area contributed by atoms with Crippen molar-refractivity contribution < 1.29 is 0 Å². The molecule has 4 nitrogen and oxygen atoms in total. The van der Waals surface area contributed by atoms with E-state index in [0.29, 0.717) is 11.7 Å². The van der Waals surface area contributed by atoms with Crippen molar-refractivity contribution in [3.05, 3.63) is 18.1 Å². The van der Waals surface area contributed by atoms with Gasteiger partial charge in [0.1, 0.15) is 16.5 Å². The Morgan fingerprint density at radius 2 is 2.19 bits per heavy atom. The minimum absolute atomic E-state index is 0.281. The molecule has 2 N–H and O–H groups in total. The van der Waals surface area contributed by atoms with Gasteiger partial charge in [-0.15, -0.1) is 0 Å². The average Bonchev–Trinajstić information content (AvgIpc) is 2.28. The third-order valence-corrected chi connectivity index (χ3v) is 2.83. The second-order valence-electron chi connectivity index (χ2n) is 3.87. The highest BCUT2D eigenvalue weighted by Crippen LogP contribution is 2.13. The van der Waals surface area contributed by atoms with Gasteiger partial charge in [0.25, 0.3) is 0 Å². The van der Waals surface area contributed by atoms with Crippen LogP contribution in [-0.2, 0) is 0 Å². The summed E-state index contributed by atoms with van der Waals surface area (Å²) in [5.74, 6) is 0.848. The summed E-state index contributed by atoms with van der Waals surface area (Å²) < 4.78 is 0. The zero-order valence-corrected chi connectivity index (χ0v) is 10.8. The summed E-state index contributed by atoms with van der Waals surface area (Å²) in [6, 6.07) is 0.454. The van der Waals surface area contributed by atoms with E-state index in [2.05, 4.69) is 28.7 Å². The molecule has 0 aliphatic heterocycles. The Kier molecular flexibility index (Phi) is 4.61. The number of anilines is 1. The van der Waals surface area contributed by atoms with Crippen LogP contribution in [0.4, 0.5) is 5.82 Å². The SMILES string of the molecule is CCCC(C)N(C)c1cnc(C(N)=S)cn1. The summed E-state index contributed by atoms with van der Waals surface area (Å²) >= 11 is 4.83. The Morgan fingerprint density at radius 3 is 2.62 bits per heavy atom. The van der Waals surface area contributed by atoms with Gasteiger partial charge < -0.3 is 10.6 Å². The molecule has 0 bridgehead atoms. The molecule has 0 aliphatic rings. The van der Waals surface area contributed by atoms with E-state index in [0.717, 1.165) is 18.7 Å². The number of thiocarbonyl (C=S) groups is 1. The Labute approximate surface area is 102 Å². The number of hydrogen-bond acceptors (Lipinski definition) is 4. The normalized spacial score (nSPS) is 12.2. The zero-order valence-electron chi connectivity index (χ0n) is 9.97. The number of rotatable bonds is 5. The highest BCUT2D eigenvalue weighted by atomic mass is 32.1. The first kappa shape index (κ1) is 12.8. The second kappa shape index (κ2) is 5.75. The summed E-state index contributed by atoms with van der Waals surface area (Å²) in [6.45, 7) is 4.35. The molecule has 16 heavy (non-hydrogen) atoms. The highest BCUT2D eigenvalue weighted by Gasteiger charge is 2.10. The fourth-order valence-electron chi connectivity index (χ4n) is 1.47. The first-order valence-electron chi connectivity index (χ1n) is 5.41. The van der Waals surface area contributed by atoms with Crippen molar-refractivity contribution in [2.24, 2.45) is 5.73 Å². The lowest BCUT2D eigenvalue weighted by Gasteiger charge is -2.25. The largest absolute Gasteiger partial charge is 0.388 e. The van der Waals surface area contributed by atoms with Crippen LogP contribution < -0.4 is 10.6 Å². The quantitative estimate of drug-likeness (QED) is 0.792. The molecule has 0 spiro atoms. The van der Waals surface area contributed by atoms with Gasteiger partial charge in [0, 0.05) is 13.1 Å². The maximum absolute atomic E-state index is 5.46. The van der Waals surface area contributed by atoms with Gasteiger partial charge in [-0.25, -0.2) is 9.97 Å². The number of aromatic nitrogens is 2. The summed E-state index contributed by atoms with van der Waals surface area (Å²) in [5.41, 5.74) is 6.03. The lowest BCUT2D eigenvalue weighted by molar-refractivity contribution is 0.610. The van der Waals surface area contributed by atoms with Crippen LogP contribution in [0.25, 0.3) is 0 Å². The Bertz CT molecular complexity index is 350. The molecule has 1 atom stereocenters. The molecule has 5 heteroatoms. The summed E-state index contributed by atoms with van der Waals surface area (Å²) in [5, 5.41) is 0. The van der Waals surface area contributed by atoms with Gasteiger partial charge in [-0.3, -0.25) is 0 Å². The van der Waals surface area contributed by atoms with Gasteiger partial charge in [-0.2, -0.15) is 0 Å². The van der Waals surface area contributed by atoms with Gasteiger partial charge in [-0.1, -0.05) is 25.6 Å². The van der Waals surface area contributed by atoms with Crippen molar-refractivity contribution in [1.82, 2.24) is 9.97 Å². The van der Waals surface area contributed by atoms with E-state index in [-0.39, 0.29) is 4.99 Å². The van der Waals surface area contributed by atoms with Crippen LogP contribution >= 0.6 is 12.2 Å². The molecule has 1 rings (SSSR count). The van der Waals surface area contributed by atoms with E-state index in [1.807, 2.05) is 7.05 Å². The molecule has 0 amide bonds. The first-order chi connectivity index (χ1) is 7.56. The molecule has 88 valence electrons. The number of nitrogens with zero attached hydrogens (tertiary/aromatic N) is 3. The predicted molar refractivity (Wildman–Crippen MR) is 70.7 cm³/mol. The molecular weight excluding hydrogens is 220 g/mol. The summed E-state index contributed by atoms with van der Waals surface area (Å²) in [6.07, 6.45) is 5.62. The summed E-state index contributed by atoms with van der Waals surface area (Å²) in [7, 11) is 2.02. The van der Waals surface area contributed by atoms with Crippen LogP contribution in [0.5, 0.6) is 0 Å². The molecule has 0 radical (unpaired) electrons. The topological polar surface area (TPSA) is 55.0 Å². The first-order valence-corrected chi connectivity index (χ1v) is 5.81. The van der Waals surface area contributed by atoms with Crippen molar-refractivity contribution >= 4 is 23.0 Å². The molecule has 0 saturated heterocycles. The van der Waals surface area contributed by atoms with E-state index < -0.39 is 0 Å². The minimum Gasteiger partial charge on any atom is -0.388 e. The van der Waals surface area contributed by atoms with Crippen molar-refractivity contribution in [2.75, 3.05) is 11.9 Å². The van der Waals surface area contributed by atoms with Gasteiger partial charge >= 0.3 is 0 Å². The fraction of sp³-hybridized carbons (Fsp3) is 0.545. The maximum atomic E-state index is 5.46. The molecule has 0 aliphatic carbocycles. The molecular formula is C11H18N4S. The predicted octanol–water partition coefficient (Wildman–Crippen LogP) is 1.74. The Hall–Kier alpha value is -1.23. The smallest absolute Gasteiger partial charge is 0.147 e. The van der Waals surface area contributed by atoms with Crippen LogP contribution in [0.1, 0.15) is 32.4 Å².